The number of aromatic nitrogens is 3. The van der Waals surface area contributed by atoms with Crippen LogP contribution < -0.4 is 10.8 Å². The number of benzene rings is 1. The second kappa shape index (κ2) is 11.1. The molecule has 0 unspecified atom stereocenters. The molecule has 1 aromatic carbocycles. The van der Waals surface area contributed by atoms with Crippen molar-refractivity contribution in [3.63, 3.8) is 0 Å². The smallest absolute Gasteiger partial charge is 0.329 e. The van der Waals surface area contributed by atoms with Crippen LogP contribution >= 0.6 is 0 Å². The zero-order valence-corrected chi connectivity index (χ0v) is 22.1. The van der Waals surface area contributed by atoms with Gasteiger partial charge in [-0.2, -0.15) is 0 Å². The topological polar surface area (TPSA) is 99.6 Å². The lowest BCUT2D eigenvalue weighted by molar-refractivity contribution is -0.384. The van der Waals surface area contributed by atoms with Gasteiger partial charge in [-0.15, -0.1) is 0 Å². The van der Waals surface area contributed by atoms with Crippen LogP contribution in [0.2, 0.25) is 0 Å². The fourth-order valence-corrected chi connectivity index (χ4v) is 5.98. The summed E-state index contributed by atoms with van der Waals surface area (Å²) in [6.45, 7) is 8.34. The van der Waals surface area contributed by atoms with Crippen molar-refractivity contribution in [1.29, 1.82) is 0 Å². The Balaban J connectivity index is 1.20. The molecular weight excluding hydrogens is 485 g/mol. The first-order chi connectivity index (χ1) is 18.3. The monoisotopic (exact) mass is 521 g/mol. The Labute approximate surface area is 221 Å². The zero-order valence-electron chi connectivity index (χ0n) is 22.1. The highest BCUT2D eigenvalue weighted by atomic mass is 19.1. The van der Waals surface area contributed by atoms with E-state index in [0.29, 0.717) is 43.8 Å². The Bertz CT molecular complexity index is 1370. The second-order valence-corrected chi connectivity index (χ2v) is 11.1. The van der Waals surface area contributed by atoms with Gasteiger partial charge in [-0.25, -0.2) is 9.18 Å². The molecule has 0 atom stereocenters. The lowest BCUT2D eigenvalue weighted by Gasteiger charge is -2.37. The number of imidazole rings is 1. The van der Waals surface area contributed by atoms with Crippen molar-refractivity contribution in [3.8, 4) is 0 Å². The minimum Gasteiger partial charge on any atom is -0.614 e. The molecule has 2 aromatic heterocycles. The van der Waals surface area contributed by atoms with Crippen molar-refractivity contribution in [2.45, 2.75) is 58.7 Å². The predicted octanol–water partition coefficient (Wildman–Crippen LogP) is 2.80. The summed E-state index contributed by atoms with van der Waals surface area (Å²) in [6, 6.07) is 8.33. The Kier molecular flexibility index (Phi) is 7.69. The molecule has 1 amide bonds. The molecule has 2 fully saturated rings. The highest BCUT2D eigenvalue weighted by molar-refractivity contribution is 5.79. The lowest BCUT2D eigenvalue weighted by Crippen LogP contribution is -2.55. The van der Waals surface area contributed by atoms with E-state index < -0.39 is 0 Å². The third-order valence-corrected chi connectivity index (χ3v) is 7.90. The molecule has 0 aliphatic carbocycles. The molecule has 0 bridgehead atoms. The predicted molar refractivity (Wildman–Crippen MR) is 142 cm³/mol. The molecule has 0 radical (unpaired) electrons. The van der Waals surface area contributed by atoms with Crippen LogP contribution in [0.4, 0.5) is 10.2 Å². The highest BCUT2D eigenvalue weighted by Gasteiger charge is 2.32. The number of carbonyl (C=O) groups is 1. The van der Waals surface area contributed by atoms with Crippen molar-refractivity contribution in [3.05, 3.63) is 63.9 Å². The Morgan fingerprint density at radius 1 is 1.08 bits per heavy atom. The van der Waals surface area contributed by atoms with Crippen LogP contribution in [0, 0.1) is 17.7 Å². The maximum absolute atomic E-state index is 14.0. The molecule has 2 aliphatic rings. The number of amides is 1. The largest absolute Gasteiger partial charge is 0.614 e. The van der Waals surface area contributed by atoms with Crippen molar-refractivity contribution in [1.82, 2.24) is 23.9 Å². The van der Waals surface area contributed by atoms with Gasteiger partial charge >= 0.3 is 11.5 Å². The third-order valence-electron chi connectivity index (χ3n) is 7.90. The first-order valence-electron chi connectivity index (χ1n) is 13.6. The average Bonchev–Trinajstić information content (AvgIpc) is 3.18. The number of halogens is 1. The molecular formula is C28H36FN7O2. The second-order valence-electron chi connectivity index (χ2n) is 11.1. The van der Waals surface area contributed by atoms with Crippen LogP contribution in [0.15, 0.2) is 41.3 Å². The van der Waals surface area contributed by atoms with Gasteiger partial charge in [0.05, 0.1) is 11.0 Å². The number of nitrogens with one attached hydrogen (secondary N) is 1. The van der Waals surface area contributed by atoms with Crippen LogP contribution in [0.1, 0.15) is 51.1 Å². The lowest BCUT2D eigenvalue weighted by atomic mass is 9.93. The quantitative estimate of drug-likeness (QED) is 0.484. The molecule has 202 valence electrons. The summed E-state index contributed by atoms with van der Waals surface area (Å²) in [5.41, 5.74) is 11.5. The summed E-state index contributed by atoms with van der Waals surface area (Å²) in [5.74, 6) is 0.589. The Morgan fingerprint density at radius 2 is 1.82 bits per heavy atom. The number of hydrogen-bond acceptors (Lipinski definition) is 4. The van der Waals surface area contributed by atoms with E-state index in [1.807, 2.05) is 35.4 Å². The van der Waals surface area contributed by atoms with E-state index in [2.05, 4.69) is 15.0 Å². The third kappa shape index (κ3) is 5.41. The molecule has 4 heterocycles. The van der Waals surface area contributed by atoms with Gasteiger partial charge in [0.25, 0.3) is 0 Å². The van der Waals surface area contributed by atoms with Gasteiger partial charge in [-0.05, 0) is 74.5 Å². The Hall–Kier alpha value is -3.40. The van der Waals surface area contributed by atoms with Crippen LogP contribution in [0.3, 0.4) is 0 Å². The minimum atomic E-state index is -0.341. The van der Waals surface area contributed by atoms with E-state index in [0.717, 1.165) is 43.6 Å². The SMILES string of the molecule is CC(C)Cn1c(=O)n(C2CCN(C(=O)C3CCN(Cc4ccnc([NH+]=[N-])c4)CC3)CC2)c2ccc(F)cc21. The standard InChI is InChI=1S/C28H36FN7O2/c1-19(2)17-35-25-16-22(29)3-4-24(25)36(28(35)38)23-8-13-34(14-9-23)27(37)21-6-11-33(12-7-21)18-20-5-10-31-26(15-20)32-30/h3-5,10,15-16,19,21,23,32H,6-9,11-14,17-18H2,1-2H3. The van der Waals surface area contributed by atoms with Gasteiger partial charge in [0.1, 0.15) is 12.0 Å². The van der Waals surface area contributed by atoms with Gasteiger partial charge in [0.2, 0.25) is 5.91 Å². The molecule has 2 saturated heterocycles. The van der Waals surface area contributed by atoms with Crippen LogP contribution in [-0.2, 0) is 17.9 Å². The van der Waals surface area contributed by atoms with E-state index in [-0.39, 0.29) is 35.3 Å². The van der Waals surface area contributed by atoms with Crippen molar-refractivity contribution >= 4 is 22.8 Å². The molecule has 5 rings (SSSR count). The van der Waals surface area contributed by atoms with Gasteiger partial charge in [0.15, 0.2) is 0 Å². The van der Waals surface area contributed by atoms with Crippen LogP contribution in [0.25, 0.3) is 16.6 Å². The summed E-state index contributed by atoms with van der Waals surface area (Å²) in [6.07, 6.45) is 4.74. The van der Waals surface area contributed by atoms with Crippen LogP contribution in [0.5, 0.6) is 0 Å². The molecule has 0 spiro atoms. The number of hydrogen-bond donors (Lipinski definition) is 1. The number of rotatable bonds is 7. The first-order valence-corrected chi connectivity index (χ1v) is 13.6. The van der Waals surface area contributed by atoms with Crippen molar-refractivity contribution < 1.29 is 14.3 Å². The summed E-state index contributed by atoms with van der Waals surface area (Å²) in [7, 11) is 0. The molecule has 1 N–H and O–H groups in total. The maximum atomic E-state index is 14.0. The molecule has 38 heavy (non-hydrogen) atoms. The summed E-state index contributed by atoms with van der Waals surface area (Å²) >= 11 is 0. The van der Waals surface area contributed by atoms with E-state index >= 15 is 0 Å². The van der Waals surface area contributed by atoms with Gasteiger partial charge in [-0.1, -0.05) is 18.8 Å². The van der Waals surface area contributed by atoms with Gasteiger partial charge < -0.3 is 15.5 Å². The fraction of sp³-hybridized carbons (Fsp3) is 0.536. The van der Waals surface area contributed by atoms with E-state index in [1.54, 1.807) is 16.8 Å². The number of likely N-dealkylation sites (tertiary alicyclic amines) is 2. The molecule has 3 aromatic rings. The number of piperidine rings is 2. The highest BCUT2D eigenvalue weighted by Crippen LogP contribution is 2.29. The zero-order chi connectivity index (χ0) is 26.8. The minimum absolute atomic E-state index is 0.00608. The average molecular weight is 522 g/mol. The number of carbonyl (C=O) groups excluding carboxylic acids is 1. The van der Waals surface area contributed by atoms with E-state index in [4.69, 9.17) is 5.53 Å². The van der Waals surface area contributed by atoms with E-state index in [9.17, 15) is 14.0 Å². The van der Waals surface area contributed by atoms with Gasteiger partial charge in [0, 0.05) is 44.2 Å². The molecule has 10 heteroatoms. The first kappa shape index (κ1) is 26.2. The maximum Gasteiger partial charge on any atom is 0.329 e. The normalized spacial score (nSPS) is 17.9. The number of nitrogens with zero attached hydrogens (tertiary/aromatic N) is 6. The summed E-state index contributed by atoms with van der Waals surface area (Å²) in [4.78, 5) is 35.1. The van der Waals surface area contributed by atoms with Crippen molar-refractivity contribution in [2.24, 2.45) is 11.8 Å². The molecule has 9 nitrogen and oxygen atoms in total. The van der Waals surface area contributed by atoms with Gasteiger partial charge in [-0.3, -0.25) is 18.8 Å². The molecule has 0 saturated carbocycles. The number of fused-ring (bicyclic) bond motifs is 1. The summed E-state index contributed by atoms with van der Waals surface area (Å²) in [5, 5.41) is 2.08. The van der Waals surface area contributed by atoms with E-state index in [1.165, 1.54) is 12.1 Å². The number of pyridine rings is 1. The molecule has 2 aliphatic heterocycles. The summed E-state index contributed by atoms with van der Waals surface area (Å²) < 4.78 is 17.6. The van der Waals surface area contributed by atoms with Crippen LogP contribution in [-0.4, -0.2) is 56.0 Å². The fourth-order valence-electron chi connectivity index (χ4n) is 5.98. The van der Waals surface area contributed by atoms with Crippen molar-refractivity contribution in [2.75, 3.05) is 26.2 Å². The Morgan fingerprint density at radius 3 is 2.50 bits per heavy atom.